The van der Waals surface area contributed by atoms with E-state index in [1.165, 1.54) is 17.6 Å². The fourth-order valence-corrected chi connectivity index (χ4v) is 3.68. The average Bonchev–Trinajstić information content (AvgIpc) is 3.07. The zero-order chi connectivity index (χ0) is 35.0. The maximum Gasteiger partial charge on any atom is 0.241 e. The minimum atomic E-state index is 0.0921. The summed E-state index contributed by atoms with van der Waals surface area (Å²) in [6, 6.07) is 5.94. The molecule has 0 atom stereocenters. The average molecular weight is 627 g/mol. The molecule has 0 aliphatic heterocycles. The third-order valence-corrected chi connectivity index (χ3v) is 6.81. The summed E-state index contributed by atoms with van der Waals surface area (Å²) < 4.78 is 0. The van der Waals surface area contributed by atoms with Crippen LogP contribution in [0.3, 0.4) is 0 Å². The highest BCUT2D eigenvalue weighted by molar-refractivity contribution is 5.78. The van der Waals surface area contributed by atoms with Crippen LogP contribution in [0.2, 0.25) is 0 Å². The Balaban J connectivity index is -0.00000232. The summed E-state index contributed by atoms with van der Waals surface area (Å²) >= 11 is 0. The Morgan fingerprint density at radius 3 is 2.09 bits per heavy atom. The zero-order valence-corrected chi connectivity index (χ0v) is 31.6. The number of likely N-dealkylation sites (N-methyl/N-ethyl adjacent to an activating group) is 3. The van der Waals surface area contributed by atoms with E-state index >= 15 is 0 Å². The molecule has 0 fully saturated rings. The molecule has 1 rings (SSSR count). The van der Waals surface area contributed by atoms with Gasteiger partial charge in [0.1, 0.15) is 6.29 Å². The second kappa shape index (κ2) is 32.3. The van der Waals surface area contributed by atoms with Crippen molar-refractivity contribution in [3.8, 4) is 0 Å². The molecule has 0 heterocycles. The summed E-state index contributed by atoms with van der Waals surface area (Å²) in [6.45, 7) is 25.0. The fraction of sp³-hybridized carbons (Fsp3) is 0.615. The maximum atomic E-state index is 13.0. The summed E-state index contributed by atoms with van der Waals surface area (Å²) in [5.41, 5.74) is 7.49. The van der Waals surface area contributed by atoms with Crippen LogP contribution in [0.5, 0.6) is 0 Å². The van der Waals surface area contributed by atoms with Gasteiger partial charge in [0, 0.05) is 57.7 Å². The zero-order valence-electron chi connectivity index (χ0n) is 31.6. The molecule has 1 amide bonds. The topological polar surface area (TPSA) is 47.1 Å². The molecule has 6 heteroatoms. The van der Waals surface area contributed by atoms with Crippen LogP contribution in [0.4, 0.5) is 5.69 Å². The van der Waals surface area contributed by atoms with Crippen molar-refractivity contribution in [1.82, 2.24) is 14.7 Å². The van der Waals surface area contributed by atoms with E-state index in [4.69, 9.17) is 0 Å². The number of hydrogen-bond donors (Lipinski definition) is 0. The minimum Gasteiger partial charge on any atom is -0.373 e. The number of nitrogens with zero attached hydrogens (tertiary/aromatic N) is 4. The van der Waals surface area contributed by atoms with Gasteiger partial charge in [-0.2, -0.15) is 0 Å². The smallest absolute Gasteiger partial charge is 0.241 e. The second-order valence-electron chi connectivity index (χ2n) is 10.6. The molecular weight excluding hydrogens is 556 g/mol. The van der Waals surface area contributed by atoms with E-state index in [1.54, 1.807) is 4.90 Å². The lowest BCUT2D eigenvalue weighted by Gasteiger charge is -2.28. The molecule has 0 saturated heterocycles. The molecule has 0 bridgehead atoms. The van der Waals surface area contributed by atoms with E-state index in [2.05, 4.69) is 88.2 Å². The molecule has 1 aromatic carbocycles. The van der Waals surface area contributed by atoms with Gasteiger partial charge in [0.2, 0.25) is 5.91 Å². The van der Waals surface area contributed by atoms with E-state index < -0.39 is 0 Å². The van der Waals surface area contributed by atoms with Gasteiger partial charge >= 0.3 is 0 Å². The highest BCUT2D eigenvalue weighted by atomic mass is 16.2. The quantitative estimate of drug-likeness (QED) is 0.0924. The van der Waals surface area contributed by atoms with Gasteiger partial charge in [-0.25, -0.2) is 0 Å². The second-order valence-corrected chi connectivity index (χ2v) is 10.6. The number of rotatable bonds is 18. The van der Waals surface area contributed by atoms with Crippen molar-refractivity contribution in [1.29, 1.82) is 0 Å². The first-order valence-electron chi connectivity index (χ1n) is 17.4. The Morgan fingerprint density at radius 2 is 1.53 bits per heavy atom. The highest BCUT2D eigenvalue weighted by Gasteiger charge is 2.15. The largest absolute Gasteiger partial charge is 0.373 e. The van der Waals surface area contributed by atoms with Gasteiger partial charge in [-0.1, -0.05) is 98.9 Å². The predicted molar refractivity (Wildman–Crippen MR) is 201 cm³/mol. The molecule has 0 spiro atoms. The standard InChI is InChI=1S/C32H50N4O2.C3H8.2C2H6/c1-8-11-17-30-19-18-29(27-37)25-31(30)34(6)23-24-36(20-15-13-12-14-16-28(4)9-2)26-32(38)35(7)22-21-33(5)10-3;1-3-2;2*1-2/h13-16,18-20,25,27H,8-11,17,21-24,26H2,1-7H3;3H2,1-2H3;2*1-2H3/b20-15+,28-16+;;;. The number of unbranched alkanes of at least 4 members (excludes halogenated alkanes) is 1. The molecule has 1 aromatic rings. The molecule has 0 aliphatic rings. The lowest BCUT2D eigenvalue weighted by molar-refractivity contribution is -0.130. The third kappa shape index (κ3) is 23.9. The fourth-order valence-electron chi connectivity index (χ4n) is 3.68. The van der Waals surface area contributed by atoms with Gasteiger partial charge in [0.05, 0.1) is 6.54 Å². The SMILES string of the molecule is CC.CC.CCC.CCCCc1ccc(C=O)cc1N(C)CCN(/C=C/C=C=C/C=C(\C)CC)CC(=O)N(C)CCN(C)CC. The molecule has 258 valence electrons. The number of amides is 1. The van der Waals surface area contributed by atoms with Crippen molar-refractivity contribution in [3.63, 3.8) is 0 Å². The number of anilines is 1. The maximum absolute atomic E-state index is 13.0. The van der Waals surface area contributed by atoms with Crippen LogP contribution in [-0.4, -0.2) is 87.3 Å². The number of carbonyl (C=O) groups is 2. The first-order valence-corrected chi connectivity index (χ1v) is 17.4. The number of allylic oxidation sites excluding steroid dienone is 4. The number of aryl methyl sites for hydroxylation is 1. The summed E-state index contributed by atoms with van der Waals surface area (Å²) in [6.07, 6.45) is 16.1. The van der Waals surface area contributed by atoms with Gasteiger partial charge in [-0.3, -0.25) is 9.59 Å². The molecule has 45 heavy (non-hydrogen) atoms. The van der Waals surface area contributed by atoms with Crippen molar-refractivity contribution < 1.29 is 9.59 Å². The van der Waals surface area contributed by atoms with Crippen LogP contribution in [0, 0.1) is 0 Å². The molecule has 0 radical (unpaired) electrons. The molecule has 0 saturated carbocycles. The first-order chi connectivity index (χ1) is 21.7. The number of benzene rings is 1. The lowest BCUT2D eigenvalue weighted by atomic mass is 10.0. The summed E-state index contributed by atoms with van der Waals surface area (Å²) in [5.74, 6) is 0.0921. The van der Waals surface area contributed by atoms with Crippen molar-refractivity contribution in [3.05, 3.63) is 71.1 Å². The van der Waals surface area contributed by atoms with Gasteiger partial charge in [0.25, 0.3) is 0 Å². The van der Waals surface area contributed by atoms with Gasteiger partial charge < -0.3 is 19.6 Å². The first kappa shape index (κ1) is 46.3. The number of carbonyl (C=O) groups excluding carboxylic acids is 2. The summed E-state index contributed by atoms with van der Waals surface area (Å²) in [7, 11) is 5.99. The van der Waals surface area contributed by atoms with Gasteiger partial charge in [0.15, 0.2) is 0 Å². The van der Waals surface area contributed by atoms with Crippen molar-refractivity contribution >= 4 is 17.9 Å². The van der Waals surface area contributed by atoms with Crippen LogP contribution in [-0.2, 0) is 11.2 Å². The molecule has 0 unspecified atom stereocenters. The summed E-state index contributed by atoms with van der Waals surface area (Å²) in [5, 5.41) is 0. The lowest BCUT2D eigenvalue weighted by Crippen LogP contribution is -2.41. The normalized spacial score (nSPS) is 10.3. The van der Waals surface area contributed by atoms with E-state index in [1.807, 2.05) is 71.3 Å². The Kier molecular flexibility index (Phi) is 33.3. The van der Waals surface area contributed by atoms with E-state index in [0.29, 0.717) is 25.2 Å². The van der Waals surface area contributed by atoms with E-state index in [-0.39, 0.29) is 5.91 Å². The van der Waals surface area contributed by atoms with Crippen LogP contribution < -0.4 is 4.90 Å². The van der Waals surface area contributed by atoms with Crippen molar-refractivity contribution in [2.24, 2.45) is 0 Å². The third-order valence-electron chi connectivity index (χ3n) is 6.81. The Hall–Kier alpha value is -3.08. The van der Waals surface area contributed by atoms with E-state index in [9.17, 15) is 9.59 Å². The van der Waals surface area contributed by atoms with Crippen LogP contribution in [0.15, 0.2) is 60.0 Å². The molecular formula is C39H70N4O2. The summed E-state index contributed by atoms with van der Waals surface area (Å²) in [4.78, 5) is 32.7. The molecule has 0 N–H and O–H groups in total. The van der Waals surface area contributed by atoms with Crippen LogP contribution >= 0.6 is 0 Å². The van der Waals surface area contributed by atoms with Gasteiger partial charge in [-0.05, 0) is 69.6 Å². The van der Waals surface area contributed by atoms with E-state index in [0.717, 1.165) is 57.3 Å². The Bertz CT molecular complexity index is 993. The van der Waals surface area contributed by atoms with Crippen LogP contribution in [0.25, 0.3) is 0 Å². The Labute approximate surface area is 279 Å². The Morgan fingerprint density at radius 1 is 0.889 bits per heavy atom. The molecule has 6 nitrogen and oxygen atoms in total. The number of aldehydes is 1. The molecule has 0 aromatic heterocycles. The number of hydrogen-bond acceptors (Lipinski definition) is 5. The van der Waals surface area contributed by atoms with Gasteiger partial charge in [-0.15, -0.1) is 5.73 Å². The van der Waals surface area contributed by atoms with Crippen molar-refractivity contribution in [2.45, 2.75) is 101 Å². The monoisotopic (exact) mass is 627 g/mol. The van der Waals surface area contributed by atoms with Crippen molar-refractivity contribution in [2.75, 3.05) is 65.3 Å². The van der Waals surface area contributed by atoms with Crippen LogP contribution in [0.1, 0.15) is 111 Å². The highest BCUT2D eigenvalue weighted by Crippen LogP contribution is 2.23. The molecule has 0 aliphatic carbocycles. The minimum absolute atomic E-state index is 0.0921. The predicted octanol–water partition coefficient (Wildman–Crippen LogP) is 9.04.